The van der Waals surface area contributed by atoms with Crippen LogP contribution in [0.1, 0.15) is 10.4 Å². The molecule has 0 N–H and O–H groups in total. The van der Waals surface area contributed by atoms with Crippen molar-refractivity contribution in [3.05, 3.63) is 75.2 Å². The minimum Gasteiger partial charge on any atom is -0.488 e. The van der Waals surface area contributed by atoms with Gasteiger partial charge in [0.25, 0.3) is 5.19 Å². The van der Waals surface area contributed by atoms with Gasteiger partial charge in [-0.1, -0.05) is 52.7 Å². The molecule has 3 aromatic rings. The molecular weight excluding hydrogens is 353 g/mol. The number of ether oxygens (including phenoxy) is 2. The van der Waals surface area contributed by atoms with Gasteiger partial charge in [-0.25, -0.2) is 4.98 Å². The Balaban J connectivity index is 1.56. The zero-order valence-corrected chi connectivity index (χ0v) is 14.4. The molecular formula is C17H13Cl2NO2S. The lowest BCUT2D eigenvalue weighted by Crippen LogP contribution is -1.95. The second-order valence-electron chi connectivity index (χ2n) is 4.72. The Morgan fingerprint density at radius 1 is 0.957 bits per heavy atom. The fourth-order valence-corrected chi connectivity index (χ4v) is 2.93. The maximum atomic E-state index is 6.11. The zero-order valence-electron chi connectivity index (χ0n) is 12.0. The maximum Gasteiger partial charge on any atom is 0.273 e. The average molecular weight is 366 g/mol. The van der Waals surface area contributed by atoms with Gasteiger partial charge >= 0.3 is 0 Å². The Kier molecular flexibility index (Phi) is 5.39. The Bertz CT molecular complexity index is 777. The predicted molar refractivity (Wildman–Crippen MR) is 93.7 cm³/mol. The zero-order chi connectivity index (χ0) is 16.1. The number of rotatable bonds is 6. The van der Waals surface area contributed by atoms with E-state index in [1.807, 2.05) is 30.3 Å². The van der Waals surface area contributed by atoms with E-state index in [4.69, 9.17) is 32.7 Å². The molecule has 23 heavy (non-hydrogen) atoms. The molecule has 3 rings (SSSR count). The summed E-state index contributed by atoms with van der Waals surface area (Å²) in [6.07, 6.45) is 1.75. The number of thiazole rings is 1. The van der Waals surface area contributed by atoms with Gasteiger partial charge in [0, 0.05) is 21.8 Å². The lowest BCUT2D eigenvalue weighted by Gasteiger charge is -2.05. The molecule has 0 aliphatic rings. The van der Waals surface area contributed by atoms with Crippen LogP contribution in [0.3, 0.4) is 0 Å². The summed E-state index contributed by atoms with van der Waals surface area (Å²) >= 11 is 13.5. The SMILES string of the molecule is Clc1ccc(Cl)c(COc2ncc(COc3ccccc3)s2)c1. The van der Waals surface area contributed by atoms with Gasteiger partial charge in [-0.05, 0) is 30.3 Å². The Morgan fingerprint density at radius 3 is 2.61 bits per heavy atom. The molecule has 3 nitrogen and oxygen atoms in total. The van der Waals surface area contributed by atoms with Gasteiger partial charge in [0.1, 0.15) is 19.0 Å². The van der Waals surface area contributed by atoms with Crippen LogP contribution in [-0.4, -0.2) is 4.98 Å². The molecule has 0 aliphatic heterocycles. The summed E-state index contributed by atoms with van der Waals surface area (Å²) in [5.41, 5.74) is 0.830. The van der Waals surface area contributed by atoms with Crippen LogP contribution < -0.4 is 9.47 Å². The van der Waals surface area contributed by atoms with Gasteiger partial charge in [-0.3, -0.25) is 0 Å². The first-order chi connectivity index (χ1) is 11.2. The van der Waals surface area contributed by atoms with E-state index in [9.17, 15) is 0 Å². The van der Waals surface area contributed by atoms with Crippen molar-refractivity contribution in [2.45, 2.75) is 13.2 Å². The summed E-state index contributed by atoms with van der Waals surface area (Å²) in [6, 6.07) is 14.9. The van der Waals surface area contributed by atoms with Gasteiger partial charge in [0.2, 0.25) is 0 Å². The maximum absolute atomic E-state index is 6.11. The monoisotopic (exact) mass is 365 g/mol. The van der Waals surface area contributed by atoms with Crippen molar-refractivity contribution >= 4 is 34.5 Å². The van der Waals surface area contributed by atoms with Crippen molar-refractivity contribution in [2.24, 2.45) is 0 Å². The molecule has 0 atom stereocenters. The number of nitrogens with zero attached hydrogens (tertiary/aromatic N) is 1. The van der Waals surface area contributed by atoms with Crippen LogP contribution in [-0.2, 0) is 13.2 Å². The molecule has 118 valence electrons. The highest BCUT2D eigenvalue weighted by atomic mass is 35.5. The highest BCUT2D eigenvalue weighted by Crippen LogP contribution is 2.26. The van der Waals surface area contributed by atoms with E-state index in [2.05, 4.69) is 4.98 Å². The van der Waals surface area contributed by atoms with Crippen molar-refractivity contribution in [2.75, 3.05) is 0 Å². The van der Waals surface area contributed by atoms with Crippen molar-refractivity contribution in [1.82, 2.24) is 4.98 Å². The molecule has 6 heteroatoms. The second kappa shape index (κ2) is 7.68. The van der Waals surface area contributed by atoms with Gasteiger partial charge in [0.05, 0.1) is 4.88 Å². The Morgan fingerprint density at radius 2 is 1.78 bits per heavy atom. The number of para-hydroxylation sites is 1. The highest BCUT2D eigenvalue weighted by molar-refractivity contribution is 7.13. The van der Waals surface area contributed by atoms with Crippen LogP contribution in [0.4, 0.5) is 0 Å². The quantitative estimate of drug-likeness (QED) is 0.568. The van der Waals surface area contributed by atoms with Crippen LogP contribution in [0.15, 0.2) is 54.7 Å². The molecule has 0 bridgehead atoms. The van der Waals surface area contributed by atoms with Crippen LogP contribution in [0.5, 0.6) is 10.9 Å². The molecule has 0 fully saturated rings. The molecule has 0 radical (unpaired) electrons. The predicted octanol–water partition coefficient (Wildman–Crippen LogP) is 5.61. The molecule has 0 aliphatic carbocycles. The van der Waals surface area contributed by atoms with Crippen LogP contribution in [0, 0.1) is 0 Å². The van der Waals surface area contributed by atoms with Gasteiger partial charge < -0.3 is 9.47 Å². The topological polar surface area (TPSA) is 31.4 Å². The molecule has 0 amide bonds. The third kappa shape index (κ3) is 4.61. The minimum absolute atomic E-state index is 0.325. The third-order valence-corrected chi connectivity index (χ3v) is 4.50. The van der Waals surface area contributed by atoms with Gasteiger partial charge in [-0.15, -0.1) is 0 Å². The molecule has 0 spiro atoms. The first-order valence-electron chi connectivity index (χ1n) is 6.90. The molecule has 1 heterocycles. The van der Waals surface area contributed by atoms with E-state index in [-0.39, 0.29) is 0 Å². The van der Waals surface area contributed by atoms with E-state index in [1.165, 1.54) is 11.3 Å². The summed E-state index contributed by atoms with van der Waals surface area (Å²) in [5.74, 6) is 0.828. The Labute approximate surface area is 148 Å². The van der Waals surface area contributed by atoms with E-state index in [0.717, 1.165) is 16.2 Å². The molecule has 1 aromatic heterocycles. The normalized spacial score (nSPS) is 10.5. The smallest absolute Gasteiger partial charge is 0.273 e. The Hall–Kier alpha value is -1.75. The molecule has 0 saturated heterocycles. The van der Waals surface area contributed by atoms with Crippen molar-refractivity contribution in [3.8, 4) is 10.9 Å². The first-order valence-corrected chi connectivity index (χ1v) is 8.47. The molecule has 0 unspecified atom stereocenters. The summed E-state index contributed by atoms with van der Waals surface area (Å²) in [6.45, 7) is 0.787. The van der Waals surface area contributed by atoms with Crippen LogP contribution in [0.2, 0.25) is 10.0 Å². The summed E-state index contributed by atoms with van der Waals surface area (Å²) in [7, 11) is 0. The van der Waals surface area contributed by atoms with Gasteiger partial charge in [-0.2, -0.15) is 0 Å². The summed E-state index contributed by atoms with van der Waals surface area (Å²) in [5, 5.41) is 1.83. The van der Waals surface area contributed by atoms with Crippen LogP contribution >= 0.6 is 34.5 Å². The summed E-state index contributed by atoms with van der Waals surface area (Å²) in [4.78, 5) is 5.22. The fourth-order valence-electron chi connectivity index (χ4n) is 1.89. The van der Waals surface area contributed by atoms with E-state index in [0.29, 0.717) is 28.5 Å². The van der Waals surface area contributed by atoms with E-state index < -0.39 is 0 Å². The van der Waals surface area contributed by atoms with Crippen molar-refractivity contribution in [3.63, 3.8) is 0 Å². The standard InChI is InChI=1S/C17H13Cl2NO2S/c18-13-6-7-16(19)12(8-13)10-22-17-20-9-15(23-17)11-21-14-4-2-1-3-5-14/h1-9H,10-11H2. The fraction of sp³-hybridized carbons (Fsp3) is 0.118. The first kappa shape index (κ1) is 16.1. The molecule has 0 saturated carbocycles. The number of hydrogen-bond donors (Lipinski definition) is 0. The third-order valence-electron chi connectivity index (χ3n) is 3.02. The second-order valence-corrected chi connectivity index (χ2v) is 6.64. The average Bonchev–Trinajstić information content (AvgIpc) is 3.03. The van der Waals surface area contributed by atoms with E-state index >= 15 is 0 Å². The van der Waals surface area contributed by atoms with Crippen LogP contribution in [0.25, 0.3) is 0 Å². The number of halogens is 2. The lowest BCUT2D eigenvalue weighted by atomic mass is 10.2. The number of hydrogen-bond acceptors (Lipinski definition) is 4. The number of aromatic nitrogens is 1. The van der Waals surface area contributed by atoms with Gasteiger partial charge in [0.15, 0.2) is 0 Å². The van der Waals surface area contributed by atoms with E-state index in [1.54, 1.807) is 24.4 Å². The lowest BCUT2D eigenvalue weighted by molar-refractivity contribution is 0.304. The minimum atomic E-state index is 0.325. The highest BCUT2D eigenvalue weighted by Gasteiger charge is 2.07. The largest absolute Gasteiger partial charge is 0.488 e. The van der Waals surface area contributed by atoms with Crippen molar-refractivity contribution < 1.29 is 9.47 Å². The van der Waals surface area contributed by atoms with Crippen molar-refractivity contribution in [1.29, 1.82) is 0 Å². The molecule has 2 aromatic carbocycles. The number of benzene rings is 2. The summed E-state index contributed by atoms with van der Waals surface area (Å²) < 4.78 is 11.3.